The fraction of sp³-hybridized carbons (Fsp3) is 0. The average molecular weight is 211 g/mol. The zero-order valence-corrected chi connectivity index (χ0v) is 8.41. The maximum Gasteiger partial charge on any atom is 0.137 e. The van der Waals surface area contributed by atoms with Crippen molar-refractivity contribution in [3.8, 4) is 0 Å². The summed E-state index contributed by atoms with van der Waals surface area (Å²) < 4.78 is 1.98. The van der Waals surface area contributed by atoms with Crippen molar-refractivity contribution in [3.63, 3.8) is 0 Å². The third-order valence-corrected chi connectivity index (χ3v) is 2.55. The van der Waals surface area contributed by atoms with Gasteiger partial charge in [0, 0.05) is 6.20 Å². The first-order valence-corrected chi connectivity index (χ1v) is 4.93. The van der Waals surface area contributed by atoms with Gasteiger partial charge in [0.15, 0.2) is 0 Å². The second-order valence-electron chi connectivity index (χ2n) is 3.53. The number of pyridine rings is 1. The van der Waals surface area contributed by atoms with Crippen LogP contribution in [0.15, 0.2) is 47.8 Å². The highest BCUT2D eigenvalue weighted by molar-refractivity contribution is 5.84. The highest BCUT2D eigenvalue weighted by Gasteiger charge is 2.02. The van der Waals surface area contributed by atoms with Crippen LogP contribution < -0.4 is 0 Å². The zero-order valence-electron chi connectivity index (χ0n) is 8.41. The molecule has 4 heteroatoms. The van der Waals surface area contributed by atoms with Crippen LogP contribution in [0.5, 0.6) is 0 Å². The van der Waals surface area contributed by atoms with Crippen molar-refractivity contribution in [1.29, 1.82) is 0 Å². The van der Waals surface area contributed by atoms with E-state index in [1.807, 2.05) is 40.9 Å². The van der Waals surface area contributed by atoms with Gasteiger partial charge in [0.1, 0.15) is 11.3 Å². The molecule has 3 rings (SSSR count). The van der Waals surface area contributed by atoms with Crippen molar-refractivity contribution in [2.45, 2.75) is 0 Å². The summed E-state index contributed by atoms with van der Waals surface area (Å²) in [6.07, 6.45) is 3.17. The number of oxime groups is 1. The standard InChI is InChI=1S/C12H9N3O/c16-13-7-10-8-15-11-4-2-1-3-9(11)5-6-12(15)14-10/h1-8,16H. The van der Waals surface area contributed by atoms with Gasteiger partial charge in [0.2, 0.25) is 0 Å². The van der Waals surface area contributed by atoms with Gasteiger partial charge in [-0.15, -0.1) is 0 Å². The molecule has 0 bridgehead atoms. The zero-order chi connectivity index (χ0) is 11.0. The van der Waals surface area contributed by atoms with Gasteiger partial charge in [-0.1, -0.05) is 23.4 Å². The lowest BCUT2D eigenvalue weighted by Crippen LogP contribution is -1.85. The molecule has 0 amide bonds. The summed E-state index contributed by atoms with van der Waals surface area (Å²) >= 11 is 0. The minimum atomic E-state index is 0.638. The van der Waals surface area contributed by atoms with Gasteiger partial charge in [-0.2, -0.15) is 0 Å². The van der Waals surface area contributed by atoms with Gasteiger partial charge < -0.3 is 5.21 Å². The van der Waals surface area contributed by atoms with Crippen LogP contribution in [-0.2, 0) is 0 Å². The summed E-state index contributed by atoms with van der Waals surface area (Å²) in [5.41, 5.74) is 2.57. The van der Waals surface area contributed by atoms with Crippen LogP contribution in [-0.4, -0.2) is 20.8 Å². The van der Waals surface area contributed by atoms with E-state index in [0.717, 1.165) is 16.6 Å². The molecule has 3 aromatic rings. The van der Waals surface area contributed by atoms with Gasteiger partial charge in [-0.3, -0.25) is 4.40 Å². The number of benzene rings is 1. The lowest BCUT2D eigenvalue weighted by atomic mass is 10.2. The Morgan fingerprint density at radius 1 is 1.19 bits per heavy atom. The molecule has 0 fully saturated rings. The summed E-state index contributed by atoms with van der Waals surface area (Å²) in [6, 6.07) is 12.0. The molecule has 0 radical (unpaired) electrons. The van der Waals surface area contributed by atoms with Crippen molar-refractivity contribution in [1.82, 2.24) is 9.38 Å². The number of imidazole rings is 1. The summed E-state index contributed by atoms with van der Waals surface area (Å²) in [6.45, 7) is 0. The second-order valence-corrected chi connectivity index (χ2v) is 3.53. The van der Waals surface area contributed by atoms with Crippen molar-refractivity contribution >= 4 is 22.8 Å². The van der Waals surface area contributed by atoms with E-state index in [0.29, 0.717) is 5.69 Å². The molecule has 4 nitrogen and oxygen atoms in total. The molecule has 2 heterocycles. The molecule has 0 saturated heterocycles. The van der Waals surface area contributed by atoms with Crippen LogP contribution in [0, 0.1) is 0 Å². The number of hydrogen-bond donors (Lipinski definition) is 1. The minimum Gasteiger partial charge on any atom is -0.411 e. The van der Waals surface area contributed by atoms with Crippen LogP contribution in [0.1, 0.15) is 5.69 Å². The number of nitrogens with zero attached hydrogens (tertiary/aromatic N) is 3. The Morgan fingerprint density at radius 3 is 2.94 bits per heavy atom. The molecule has 1 aromatic carbocycles. The molecule has 0 spiro atoms. The molecule has 16 heavy (non-hydrogen) atoms. The Labute approximate surface area is 91.5 Å². The maximum atomic E-state index is 8.48. The van der Waals surface area contributed by atoms with Gasteiger partial charge in [0.05, 0.1) is 11.7 Å². The van der Waals surface area contributed by atoms with E-state index in [2.05, 4.69) is 16.2 Å². The van der Waals surface area contributed by atoms with E-state index >= 15 is 0 Å². The third kappa shape index (κ3) is 1.24. The highest BCUT2D eigenvalue weighted by atomic mass is 16.4. The summed E-state index contributed by atoms with van der Waals surface area (Å²) in [5.74, 6) is 0. The topological polar surface area (TPSA) is 49.9 Å². The fourth-order valence-corrected chi connectivity index (χ4v) is 1.86. The van der Waals surface area contributed by atoms with Crippen molar-refractivity contribution < 1.29 is 5.21 Å². The van der Waals surface area contributed by atoms with E-state index in [4.69, 9.17) is 5.21 Å². The predicted octanol–water partition coefficient (Wildman–Crippen LogP) is 2.30. The van der Waals surface area contributed by atoms with E-state index in [1.54, 1.807) is 0 Å². The van der Waals surface area contributed by atoms with Crippen LogP contribution in [0.2, 0.25) is 0 Å². The first-order valence-electron chi connectivity index (χ1n) is 4.93. The third-order valence-electron chi connectivity index (χ3n) is 2.55. The van der Waals surface area contributed by atoms with Crippen molar-refractivity contribution in [2.75, 3.05) is 0 Å². The highest BCUT2D eigenvalue weighted by Crippen LogP contribution is 2.16. The van der Waals surface area contributed by atoms with Crippen molar-refractivity contribution in [2.24, 2.45) is 5.16 Å². The maximum absolute atomic E-state index is 8.48. The van der Waals surface area contributed by atoms with Crippen LogP contribution in [0.25, 0.3) is 16.6 Å². The van der Waals surface area contributed by atoms with E-state index in [9.17, 15) is 0 Å². The summed E-state index contributed by atoms with van der Waals surface area (Å²) in [7, 11) is 0. The quantitative estimate of drug-likeness (QED) is 0.381. The molecule has 1 N–H and O–H groups in total. The molecule has 0 saturated carbocycles. The summed E-state index contributed by atoms with van der Waals surface area (Å²) in [4.78, 5) is 4.31. The van der Waals surface area contributed by atoms with E-state index in [-0.39, 0.29) is 0 Å². The normalized spacial score (nSPS) is 11.8. The number of rotatable bonds is 1. The number of para-hydroxylation sites is 1. The van der Waals surface area contributed by atoms with Crippen LogP contribution >= 0.6 is 0 Å². The fourth-order valence-electron chi connectivity index (χ4n) is 1.86. The lowest BCUT2D eigenvalue weighted by molar-refractivity contribution is 0.321. The first-order chi connectivity index (χ1) is 7.88. The molecule has 0 unspecified atom stereocenters. The molecule has 0 aliphatic carbocycles. The molecule has 0 atom stereocenters. The Balaban J connectivity index is 2.41. The van der Waals surface area contributed by atoms with Crippen LogP contribution in [0.3, 0.4) is 0 Å². The average Bonchev–Trinajstić information content (AvgIpc) is 2.72. The van der Waals surface area contributed by atoms with Gasteiger partial charge in [0.25, 0.3) is 0 Å². The Hall–Kier alpha value is -2.36. The van der Waals surface area contributed by atoms with Crippen LogP contribution in [0.4, 0.5) is 0 Å². The number of fused-ring (bicyclic) bond motifs is 3. The van der Waals surface area contributed by atoms with Gasteiger partial charge in [-0.25, -0.2) is 4.98 Å². The van der Waals surface area contributed by atoms with E-state index < -0.39 is 0 Å². The number of aromatic nitrogens is 2. The molecule has 78 valence electrons. The van der Waals surface area contributed by atoms with E-state index in [1.165, 1.54) is 6.21 Å². The Morgan fingerprint density at radius 2 is 2.06 bits per heavy atom. The van der Waals surface area contributed by atoms with Crippen molar-refractivity contribution in [3.05, 3.63) is 48.3 Å². The monoisotopic (exact) mass is 211 g/mol. The lowest BCUT2D eigenvalue weighted by Gasteiger charge is -1.99. The summed E-state index contributed by atoms with van der Waals surface area (Å²) in [5, 5.41) is 12.6. The first kappa shape index (κ1) is 8.91. The second kappa shape index (κ2) is 3.34. The predicted molar refractivity (Wildman–Crippen MR) is 62.1 cm³/mol. The smallest absolute Gasteiger partial charge is 0.137 e. The SMILES string of the molecule is ON=Cc1cn2c(ccc3ccccc32)n1. The molecule has 2 aromatic heterocycles. The molecular weight excluding hydrogens is 202 g/mol. The largest absolute Gasteiger partial charge is 0.411 e. The van der Waals surface area contributed by atoms with Gasteiger partial charge in [-0.05, 0) is 23.6 Å². The Kier molecular flexibility index (Phi) is 1.86. The Bertz CT molecular complexity index is 685. The molecule has 0 aliphatic rings. The minimum absolute atomic E-state index is 0.638. The van der Waals surface area contributed by atoms with Gasteiger partial charge >= 0.3 is 0 Å². The molecular formula is C12H9N3O. The number of hydrogen-bond acceptors (Lipinski definition) is 3. The molecule has 0 aliphatic heterocycles.